The summed E-state index contributed by atoms with van der Waals surface area (Å²) in [6.07, 6.45) is 8.39. The highest BCUT2D eigenvalue weighted by molar-refractivity contribution is 5.40. The van der Waals surface area contributed by atoms with E-state index in [0.717, 1.165) is 12.1 Å². The van der Waals surface area contributed by atoms with E-state index in [-0.39, 0.29) is 5.92 Å². The van der Waals surface area contributed by atoms with E-state index < -0.39 is 0 Å². The number of H-pyrrole nitrogens is 2. The van der Waals surface area contributed by atoms with Gasteiger partial charge < -0.3 is 4.98 Å². The first kappa shape index (κ1) is 12.7. The second kappa shape index (κ2) is 5.33. The van der Waals surface area contributed by atoms with Gasteiger partial charge >= 0.3 is 0 Å². The summed E-state index contributed by atoms with van der Waals surface area (Å²) >= 11 is 0. The van der Waals surface area contributed by atoms with Crippen LogP contribution < -0.4 is 0 Å². The summed E-state index contributed by atoms with van der Waals surface area (Å²) in [5.74, 6) is 0.273. The fraction of sp³-hybridized carbons (Fsp3) is 0.250. The van der Waals surface area contributed by atoms with E-state index in [2.05, 4.69) is 52.2 Å². The highest BCUT2D eigenvalue weighted by Gasteiger charge is 2.19. The van der Waals surface area contributed by atoms with Gasteiger partial charge in [-0.3, -0.25) is 5.10 Å². The number of nitrogens with zero attached hydrogens (tertiary/aromatic N) is 2. The quantitative estimate of drug-likeness (QED) is 0.762. The molecule has 0 unspecified atom stereocenters. The molecular weight excluding hydrogens is 248 g/mol. The third-order valence-corrected chi connectivity index (χ3v) is 3.91. The Bertz CT molecular complexity index is 669. The number of aromatic amines is 2. The van der Waals surface area contributed by atoms with Gasteiger partial charge in [0.15, 0.2) is 0 Å². The first-order valence-electron chi connectivity index (χ1n) is 6.77. The molecule has 102 valence electrons. The van der Waals surface area contributed by atoms with E-state index >= 15 is 0 Å². The number of hydrogen-bond donors (Lipinski definition) is 2. The number of aryl methyl sites for hydroxylation is 1. The molecule has 1 aromatic carbocycles. The van der Waals surface area contributed by atoms with E-state index in [9.17, 15) is 0 Å². The molecule has 0 saturated carbocycles. The molecule has 2 heterocycles. The van der Waals surface area contributed by atoms with Crippen molar-refractivity contribution in [2.75, 3.05) is 0 Å². The van der Waals surface area contributed by atoms with Crippen LogP contribution in [0.1, 0.15) is 33.9 Å². The van der Waals surface area contributed by atoms with E-state index in [1.807, 2.05) is 18.6 Å². The summed E-state index contributed by atoms with van der Waals surface area (Å²) in [5, 5.41) is 6.92. The Labute approximate surface area is 118 Å². The fourth-order valence-corrected chi connectivity index (χ4v) is 2.62. The molecule has 4 nitrogen and oxygen atoms in total. The first-order chi connectivity index (χ1) is 9.75. The second-order valence-corrected chi connectivity index (χ2v) is 5.16. The standard InChI is InChI=1S/C16H18N4/c1-11-4-3-5-14(12(11)2)15(16-9-17-10-18-16)6-13-7-19-20-8-13/h3-5,7-10,15H,6H2,1-2H3,(H,17,18)(H,19,20)/t15-/m1/s1. The Morgan fingerprint density at radius 2 is 2.10 bits per heavy atom. The Morgan fingerprint density at radius 3 is 2.80 bits per heavy atom. The van der Waals surface area contributed by atoms with Crippen molar-refractivity contribution in [3.05, 3.63) is 71.1 Å². The zero-order valence-corrected chi connectivity index (χ0v) is 11.7. The minimum atomic E-state index is 0.273. The average Bonchev–Trinajstić information content (AvgIpc) is 3.11. The minimum absolute atomic E-state index is 0.273. The van der Waals surface area contributed by atoms with Gasteiger partial charge in [0.1, 0.15) is 0 Å². The minimum Gasteiger partial charge on any atom is -0.348 e. The van der Waals surface area contributed by atoms with Crippen LogP contribution >= 0.6 is 0 Å². The molecule has 1 atom stereocenters. The molecule has 2 N–H and O–H groups in total. The van der Waals surface area contributed by atoms with Crippen LogP contribution in [0, 0.1) is 13.8 Å². The molecule has 0 spiro atoms. The lowest BCUT2D eigenvalue weighted by Gasteiger charge is -2.19. The van der Waals surface area contributed by atoms with Gasteiger partial charge in [0.2, 0.25) is 0 Å². The maximum atomic E-state index is 4.17. The molecule has 3 rings (SSSR count). The van der Waals surface area contributed by atoms with Crippen LogP contribution in [0.3, 0.4) is 0 Å². The number of rotatable bonds is 4. The fourth-order valence-electron chi connectivity index (χ4n) is 2.62. The van der Waals surface area contributed by atoms with E-state index in [0.29, 0.717) is 0 Å². The Morgan fingerprint density at radius 1 is 1.20 bits per heavy atom. The van der Waals surface area contributed by atoms with Crippen molar-refractivity contribution in [3.8, 4) is 0 Å². The monoisotopic (exact) mass is 266 g/mol. The molecular formula is C16H18N4. The summed E-state index contributed by atoms with van der Waals surface area (Å²) < 4.78 is 0. The van der Waals surface area contributed by atoms with E-state index in [1.54, 1.807) is 6.33 Å². The van der Waals surface area contributed by atoms with Gasteiger partial charge in [-0.15, -0.1) is 0 Å². The van der Waals surface area contributed by atoms with Crippen molar-refractivity contribution in [2.45, 2.75) is 26.2 Å². The Hall–Kier alpha value is -2.36. The van der Waals surface area contributed by atoms with Gasteiger partial charge in [-0.25, -0.2) is 4.98 Å². The zero-order chi connectivity index (χ0) is 13.9. The summed E-state index contributed by atoms with van der Waals surface area (Å²) in [6, 6.07) is 6.48. The van der Waals surface area contributed by atoms with Crippen molar-refractivity contribution < 1.29 is 0 Å². The molecule has 0 radical (unpaired) electrons. The second-order valence-electron chi connectivity index (χ2n) is 5.16. The normalized spacial score (nSPS) is 12.5. The first-order valence-corrected chi connectivity index (χ1v) is 6.77. The maximum absolute atomic E-state index is 4.17. The topological polar surface area (TPSA) is 57.4 Å². The molecule has 4 heteroatoms. The van der Waals surface area contributed by atoms with Crippen LogP contribution in [-0.2, 0) is 6.42 Å². The molecule has 20 heavy (non-hydrogen) atoms. The molecule has 0 fully saturated rings. The van der Waals surface area contributed by atoms with Crippen molar-refractivity contribution in [1.29, 1.82) is 0 Å². The van der Waals surface area contributed by atoms with Crippen LogP contribution in [0.5, 0.6) is 0 Å². The third-order valence-electron chi connectivity index (χ3n) is 3.91. The van der Waals surface area contributed by atoms with Gasteiger partial charge in [0.25, 0.3) is 0 Å². The van der Waals surface area contributed by atoms with E-state index in [1.165, 1.54) is 22.3 Å². The molecule has 3 aromatic rings. The van der Waals surface area contributed by atoms with Gasteiger partial charge in [-0.1, -0.05) is 18.2 Å². The highest BCUT2D eigenvalue weighted by atomic mass is 15.1. The van der Waals surface area contributed by atoms with Crippen LogP contribution in [-0.4, -0.2) is 20.2 Å². The summed E-state index contributed by atoms with van der Waals surface area (Å²) in [5.41, 5.74) is 6.34. The molecule has 0 aliphatic heterocycles. The zero-order valence-electron chi connectivity index (χ0n) is 11.7. The molecule has 0 bridgehead atoms. The summed E-state index contributed by atoms with van der Waals surface area (Å²) in [7, 11) is 0. The molecule has 0 aliphatic rings. The lowest BCUT2D eigenvalue weighted by atomic mass is 9.86. The number of hydrogen-bond acceptors (Lipinski definition) is 2. The van der Waals surface area contributed by atoms with Crippen molar-refractivity contribution in [2.24, 2.45) is 0 Å². The number of aromatic nitrogens is 4. The van der Waals surface area contributed by atoms with Gasteiger partial charge in [-0.2, -0.15) is 5.10 Å². The van der Waals surface area contributed by atoms with Gasteiger partial charge in [0, 0.05) is 24.0 Å². The van der Waals surface area contributed by atoms with Crippen molar-refractivity contribution >= 4 is 0 Å². The predicted octanol–water partition coefficient (Wildman–Crippen LogP) is 3.12. The van der Waals surface area contributed by atoms with Gasteiger partial charge in [0.05, 0.1) is 12.5 Å². The van der Waals surface area contributed by atoms with Crippen molar-refractivity contribution in [3.63, 3.8) is 0 Å². The number of benzene rings is 1. The maximum Gasteiger partial charge on any atom is 0.0921 e. The predicted molar refractivity (Wildman–Crippen MR) is 78.6 cm³/mol. The number of nitrogens with one attached hydrogen (secondary N) is 2. The smallest absolute Gasteiger partial charge is 0.0921 e. The van der Waals surface area contributed by atoms with Gasteiger partial charge in [-0.05, 0) is 42.5 Å². The van der Waals surface area contributed by atoms with E-state index in [4.69, 9.17) is 0 Å². The molecule has 2 aromatic heterocycles. The average molecular weight is 266 g/mol. The lowest BCUT2D eigenvalue weighted by Crippen LogP contribution is -2.08. The molecule has 0 saturated heterocycles. The Kier molecular flexibility index (Phi) is 3.37. The van der Waals surface area contributed by atoms with Crippen LogP contribution in [0.2, 0.25) is 0 Å². The van der Waals surface area contributed by atoms with Crippen LogP contribution in [0.25, 0.3) is 0 Å². The molecule has 0 amide bonds. The van der Waals surface area contributed by atoms with Crippen molar-refractivity contribution in [1.82, 2.24) is 20.2 Å². The Balaban J connectivity index is 2.03. The lowest BCUT2D eigenvalue weighted by molar-refractivity contribution is 0.773. The van der Waals surface area contributed by atoms with Crippen LogP contribution in [0.15, 0.2) is 43.1 Å². The summed E-state index contributed by atoms with van der Waals surface area (Å²) in [6.45, 7) is 4.34. The molecule has 0 aliphatic carbocycles. The highest BCUT2D eigenvalue weighted by Crippen LogP contribution is 2.30. The largest absolute Gasteiger partial charge is 0.348 e. The SMILES string of the molecule is Cc1cccc([C@@H](Cc2cn[nH]c2)c2cnc[nH]2)c1C. The summed E-state index contributed by atoms with van der Waals surface area (Å²) in [4.78, 5) is 7.42. The third kappa shape index (κ3) is 2.37. The van der Waals surface area contributed by atoms with Crippen LogP contribution in [0.4, 0.5) is 0 Å². The number of imidazole rings is 1.